The average molecular weight is 411 g/mol. The highest BCUT2D eigenvalue weighted by Gasteiger charge is 2.31. The van der Waals surface area contributed by atoms with Crippen molar-refractivity contribution in [1.29, 1.82) is 0 Å². The van der Waals surface area contributed by atoms with E-state index in [-0.39, 0.29) is 22.2 Å². The van der Waals surface area contributed by atoms with E-state index >= 15 is 0 Å². The van der Waals surface area contributed by atoms with E-state index in [0.29, 0.717) is 5.56 Å². The summed E-state index contributed by atoms with van der Waals surface area (Å²) >= 11 is 5.78. The summed E-state index contributed by atoms with van der Waals surface area (Å²) in [7, 11) is 0. The van der Waals surface area contributed by atoms with Gasteiger partial charge < -0.3 is 4.74 Å². The maximum Gasteiger partial charge on any atom is 0.416 e. The van der Waals surface area contributed by atoms with Crippen LogP contribution in [-0.2, 0) is 10.9 Å². The highest BCUT2D eigenvalue weighted by atomic mass is 35.5. The maximum atomic E-state index is 13.1. The number of hydrogen-bond acceptors (Lipinski definition) is 5. The van der Waals surface area contributed by atoms with Crippen molar-refractivity contribution < 1.29 is 22.7 Å². The Balaban J connectivity index is 2.17. The fourth-order valence-electron chi connectivity index (χ4n) is 2.44. The first-order valence-corrected chi connectivity index (χ1v) is 8.51. The molecule has 0 saturated carbocycles. The number of alkyl halides is 3. The molecule has 0 atom stereocenters. The highest BCUT2D eigenvalue weighted by molar-refractivity contribution is 6.29. The van der Waals surface area contributed by atoms with E-state index in [1.807, 2.05) is 0 Å². The van der Waals surface area contributed by atoms with Gasteiger partial charge in [-0.3, -0.25) is 0 Å². The van der Waals surface area contributed by atoms with Crippen LogP contribution in [0.3, 0.4) is 0 Å². The molecule has 0 aliphatic heterocycles. The van der Waals surface area contributed by atoms with Crippen LogP contribution in [0.15, 0.2) is 42.6 Å². The molecule has 0 unspecified atom stereocenters. The van der Waals surface area contributed by atoms with Crippen LogP contribution < -0.4 is 0 Å². The van der Waals surface area contributed by atoms with Crippen molar-refractivity contribution in [3.05, 3.63) is 59.0 Å². The second-order valence-electron chi connectivity index (χ2n) is 6.07. The minimum Gasteiger partial charge on any atom is -0.458 e. The maximum absolute atomic E-state index is 13.1. The molecule has 0 bridgehead atoms. The Bertz CT molecular complexity index is 1000. The van der Waals surface area contributed by atoms with Gasteiger partial charge in [-0.05, 0) is 44.2 Å². The van der Waals surface area contributed by atoms with Crippen LogP contribution in [0, 0.1) is 0 Å². The Morgan fingerprint density at radius 3 is 2.57 bits per heavy atom. The SMILES string of the molecule is CC(C)OC(=O)c1c(-c2ccc(Cl)nc2)nnn1-c1cccc(C(F)(F)F)c1. The largest absolute Gasteiger partial charge is 0.458 e. The van der Waals surface area contributed by atoms with Gasteiger partial charge in [0.1, 0.15) is 10.8 Å². The number of ether oxygens (including phenoxy) is 1. The predicted octanol–water partition coefficient (Wildman–Crippen LogP) is 4.57. The van der Waals surface area contributed by atoms with Gasteiger partial charge in [-0.2, -0.15) is 13.2 Å². The van der Waals surface area contributed by atoms with Gasteiger partial charge in [-0.15, -0.1) is 5.10 Å². The van der Waals surface area contributed by atoms with Crippen LogP contribution in [0.2, 0.25) is 5.15 Å². The fraction of sp³-hybridized carbons (Fsp3) is 0.222. The lowest BCUT2D eigenvalue weighted by Crippen LogP contribution is -2.17. The van der Waals surface area contributed by atoms with Gasteiger partial charge in [-0.25, -0.2) is 14.5 Å². The first-order chi connectivity index (χ1) is 13.2. The molecular formula is C18H14ClF3N4O2. The molecule has 2 aromatic heterocycles. The molecule has 3 rings (SSSR count). The summed E-state index contributed by atoms with van der Waals surface area (Å²) in [6, 6.07) is 7.49. The Kier molecular flexibility index (Phi) is 5.37. The summed E-state index contributed by atoms with van der Waals surface area (Å²) in [5.41, 5.74) is -0.438. The van der Waals surface area contributed by atoms with Crippen molar-refractivity contribution in [3.8, 4) is 16.9 Å². The minimum absolute atomic E-state index is 0.0196. The van der Waals surface area contributed by atoms with Crippen molar-refractivity contribution in [2.75, 3.05) is 0 Å². The second-order valence-corrected chi connectivity index (χ2v) is 6.46. The Morgan fingerprint density at radius 1 is 1.21 bits per heavy atom. The van der Waals surface area contributed by atoms with Gasteiger partial charge >= 0.3 is 12.1 Å². The fourth-order valence-corrected chi connectivity index (χ4v) is 2.55. The molecule has 0 amide bonds. The number of carbonyl (C=O) groups excluding carboxylic acids is 1. The number of aromatic nitrogens is 4. The molecule has 0 spiro atoms. The van der Waals surface area contributed by atoms with E-state index in [2.05, 4.69) is 15.3 Å². The molecular weight excluding hydrogens is 397 g/mol. The van der Waals surface area contributed by atoms with Crippen LogP contribution in [0.4, 0.5) is 13.2 Å². The van der Waals surface area contributed by atoms with Gasteiger partial charge in [0.15, 0.2) is 5.69 Å². The Labute approximate surface area is 162 Å². The molecule has 0 fully saturated rings. The lowest BCUT2D eigenvalue weighted by atomic mass is 10.1. The zero-order valence-corrected chi connectivity index (χ0v) is 15.5. The van der Waals surface area contributed by atoms with Crippen LogP contribution in [0.5, 0.6) is 0 Å². The minimum atomic E-state index is -4.54. The van der Waals surface area contributed by atoms with E-state index in [0.717, 1.165) is 16.8 Å². The number of rotatable bonds is 4. The van der Waals surface area contributed by atoms with Gasteiger partial charge in [0.25, 0.3) is 0 Å². The van der Waals surface area contributed by atoms with E-state index in [9.17, 15) is 18.0 Å². The Morgan fingerprint density at radius 2 is 1.96 bits per heavy atom. The third-order valence-corrected chi connectivity index (χ3v) is 3.85. The molecule has 1 aromatic carbocycles. The molecule has 0 radical (unpaired) electrons. The monoisotopic (exact) mass is 410 g/mol. The number of carbonyl (C=O) groups is 1. The molecule has 2 heterocycles. The third-order valence-electron chi connectivity index (χ3n) is 3.63. The van der Waals surface area contributed by atoms with Crippen molar-refractivity contribution >= 4 is 17.6 Å². The summed E-state index contributed by atoms with van der Waals surface area (Å²) < 4.78 is 45.4. The molecule has 6 nitrogen and oxygen atoms in total. The number of halogens is 4. The quantitative estimate of drug-likeness (QED) is 0.465. The smallest absolute Gasteiger partial charge is 0.416 e. The summed E-state index contributed by atoms with van der Waals surface area (Å²) in [6.07, 6.45) is -3.61. The molecule has 0 aliphatic rings. The first-order valence-electron chi connectivity index (χ1n) is 8.13. The highest BCUT2D eigenvalue weighted by Crippen LogP contribution is 2.31. The van der Waals surface area contributed by atoms with E-state index in [1.165, 1.54) is 24.4 Å². The number of benzene rings is 1. The summed E-state index contributed by atoms with van der Waals surface area (Å²) in [5, 5.41) is 8.07. The van der Waals surface area contributed by atoms with Gasteiger partial charge in [0.05, 0.1) is 17.4 Å². The van der Waals surface area contributed by atoms with E-state index in [1.54, 1.807) is 19.9 Å². The number of hydrogen-bond donors (Lipinski definition) is 0. The van der Waals surface area contributed by atoms with Crippen LogP contribution in [0.25, 0.3) is 16.9 Å². The van der Waals surface area contributed by atoms with E-state index in [4.69, 9.17) is 16.3 Å². The van der Waals surface area contributed by atoms with Crippen molar-refractivity contribution in [2.24, 2.45) is 0 Å². The molecule has 0 saturated heterocycles. The standard InChI is InChI=1S/C18H14ClF3N4O2/c1-10(2)28-17(27)16-15(11-6-7-14(19)23-9-11)24-25-26(16)13-5-3-4-12(8-13)18(20,21)22/h3-10H,1-2H3. The lowest BCUT2D eigenvalue weighted by Gasteiger charge is -2.12. The van der Waals surface area contributed by atoms with Crippen LogP contribution in [0.1, 0.15) is 29.9 Å². The summed E-state index contributed by atoms with van der Waals surface area (Å²) in [6.45, 7) is 3.31. The summed E-state index contributed by atoms with van der Waals surface area (Å²) in [4.78, 5) is 16.6. The van der Waals surface area contributed by atoms with Crippen molar-refractivity contribution in [1.82, 2.24) is 20.0 Å². The average Bonchev–Trinajstić information content (AvgIpc) is 3.06. The topological polar surface area (TPSA) is 69.9 Å². The van der Waals surface area contributed by atoms with Crippen LogP contribution >= 0.6 is 11.6 Å². The predicted molar refractivity (Wildman–Crippen MR) is 95.2 cm³/mol. The number of pyridine rings is 1. The van der Waals surface area contributed by atoms with Crippen LogP contribution in [-0.4, -0.2) is 32.1 Å². The normalized spacial score (nSPS) is 11.7. The zero-order valence-electron chi connectivity index (χ0n) is 14.7. The molecule has 146 valence electrons. The van der Waals surface area contributed by atoms with Crippen molar-refractivity contribution in [3.63, 3.8) is 0 Å². The third kappa shape index (κ3) is 4.14. The number of esters is 1. The second kappa shape index (κ2) is 7.59. The lowest BCUT2D eigenvalue weighted by molar-refractivity contribution is -0.137. The van der Waals surface area contributed by atoms with Gasteiger partial charge in [-0.1, -0.05) is 22.9 Å². The number of nitrogens with zero attached hydrogens (tertiary/aromatic N) is 4. The Hall–Kier alpha value is -2.94. The first kappa shape index (κ1) is 19.8. The zero-order chi connectivity index (χ0) is 20.5. The molecule has 10 heteroatoms. The molecule has 3 aromatic rings. The van der Waals surface area contributed by atoms with E-state index < -0.39 is 23.8 Å². The van der Waals surface area contributed by atoms with Gasteiger partial charge in [0, 0.05) is 11.8 Å². The summed E-state index contributed by atoms with van der Waals surface area (Å²) in [5.74, 6) is -0.776. The molecule has 0 N–H and O–H groups in total. The van der Waals surface area contributed by atoms with Crippen molar-refractivity contribution in [2.45, 2.75) is 26.1 Å². The molecule has 0 aliphatic carbocycles. The van der Waals surface area contributed by atoms with Gasteiger partial charge in [0.2, 0.25) is 0 Å². The molecule has 28 heavy (non-hydrogen) atoms.